The molecular weight excluding hydrogens is 584 g/mol. The van der Waals surface area contributed by atoms with Gasteiger partial charge < -0.3 is 25.3 Å². The first kappa shape index (κ1) is 29.9. The summed E-state index contributed by atoms with van der Waals surface area (Å²) in [5, 5.41) is 6.78. The van der Waals surface area contributed by atoms with Gasteiger partial charge in [0, 0.05) is 11.3 Å². The fraction of sp³-hybridized carbons (Fsp3) is 0.410. The van der Waals surface area contributed by atoms with E-state index in [1.54, 1.807) is 0 Å². The summed E-state index contributed by atoms with van der Waals surface area (Å²) in [4.78, 5) is 30.1. The molecule has 1 unspecified atom stereocenters. The van der Waals surface area contributed by atoms with Gasteiger partial charge in [0.05, 0.1) is 22.8 Å². The number of amides is 1. The number of hydrogen-bond acceptors (Lipinski definition) is 5. The molecule has 47 heavy (non-hydrogen) atoms. The molecule has 8 rings (SSSR count). The predicted octanol–water partition coefficient (Wildman–Crippen LogP) is 8.49. The maximum Gasteiger partial charge on any atom is 0.408 e. The van der Waals surface area contributed by atoms with Gasteiger partial charge in [0.1, 0.15) is 22.8 Å². The van der Waals surface area contributed by atoms with Gasteiger partial charge in [0.15, 0.2) is 0 Å². The molecule has 1 saturated heterocycles. The molecule has 4 N–H and O–H groups in total. The fourth-order valence-corrected chi connectivity index (χ4v) is 7.73. The first-order valence-corrected chi connectivity index (χ1v) is 17.3. The van der Waals surface area contributed by atoms with Crippen molar-refractivity contribution < 1.29 is 9.53 Å². The highest BCUT2D eigenvalue weighted by molar-refractivity contribution is 5.83. The molecule has 8 nitrogen and oxygen atoms in total. The molecule has 0 radical (unpaired) electrons. The Morgan fingerprint density at radius 1 is 0.851 bits per heavy atom. The number of carbonyl (C=O) groups excluding carboxylic acids is 1. The van der Waals surface area contributed by atoms with Gasteiger partial charge in [-0.2, -0.15) is 0 Å². The van der Waals surface area contributed by atoms with Gasteiger partial charge in [-0.3, -0.25) is 0 Å². The number of benzene rings is 3. The minimum Gasteiger partial charge on any atom is -0.444 e. The molecule has 8 heteroatoms. The molecule has 1 atom stereocenters. The second kappa shape index (κ2) is 11.7. The minimum absolute atomic E-state index is 0.354. The lowest BCUT2D eigenvalue weighted by Crippen LogP contribution is -2.49. The second-order valence-electron chi connectivity index (χ2n) is 14.6. The van der Waals surface area contributed by atoms with Crippen LogP contribution < -0.4 is 10.6 Å². The number of H-pyrrole nitrogens is 2. The van der Waals surface area contributed by atoms with Gasteiger partial charge in [-0.25, -0.2) is 14.8 Å². The number of nitrogens with zero attached hydrogens (tertiary/aromatic N) is 2. The van der Waals surface area contributed by atoms with Gasteiger partial charge >= 0.3 is 6.09 Å². The third kappa shape index (κ3) is 5.84. The number of hydrogen-bond donors (Lipinski definition) is 4. The van der Waals surface area contributed by atoms with Crippen LogP contribution in [0.3, 0.4) is 0 Å². The van der Waals surface area contributed by atoms with Crippen molar-refractivity contribution in [2.75, 3.05) is 6.54 Å². The van der Waals surface area contributed by atoms with Gasteiger partial charge in [0.2, 0.25) is 0 Å². The quantitative estimate of drug-likeness (QED) is 0.156. The normalized spacial score (nSPS) is 18.9. The van der Waals surface area contributed by atoms with E-state index < -0.39 is 17.2 Å². The number of aryl methyl sites for hydroxylation is 2. The van der Waals surface area contributed by atoms with Crippen molar-refractivity contribution >= 4 is 17.1 Å². The molecule has 2 aliphatic carbocycles. The largest absolute Gasteiger partial charge is 0.444 e. The van der Waals surface area contributed by atoms with Gasteiger partial charge in [-0.15, -0.1) is 0 Å². The molecule has 1 saturated carbocycles. The van der Waals surface area contributed by atoms with Crippen molar-refractivity contribution in [3.05, 3.63) is 83.6 Å². The summed E-state index contributed by atoms with van der Waals surface area (Å²) in [5.74, 6) is 1.90. The Hall–Kier alpha value is -4.43. The minimum atomic E-state index is -0.556. The molecule has 2 fully saturated rings. The van der Waals surface area contributed by atoms with Gasteiger partial charge in [-0.05, 0) is 106 Å². The summed E-state index contributed by atoms with van der Waals surface area (Å²) < 4.78 is 5.64. The number of imidazole rings is 2. The SMILES string of the molecule is CC(C)(C)OC(=O)NC1(c2nc3ccc(-c4ccc(-c5ccc6c(c5)CCc5[nH]c(C7CCCN7)nc5-6)cc4)cc3[nH]2)CCCCC1. The topological polar surface area (TPSA) is 108 Å². The van der Waals surface area contributed by atoms with E-state index in [2.05, 4.69) is 81.3 Å². The fourth-order valence-electron chi connectivity index (χ4n) is 7.73. The Labute approximate surface area is 276 Å². The molecule has 3 aromatic carbocycles. The highest BCUT2D eigenvalue weighted by Crippen LogP contribution is 2.39. The van der Waals surface area contributed by atoms with Crippen molar-refractivity contribution in [3.63, 3.8) is 0 Å². The molecule has 3 heterocycles. The molecule has 3 aliphatic rings. The number of aromatic amines is 2. The number of alkyl carbamates (subject to hydrolysis) is 1. The molecule has 0 bridgehead atoms. The first-order valence-electron chi connectivity index (χ1n) is 17.3. The van der Waals surface area contributed by atoms with E-state index >= 15 is 0 Å². The van der Waals surface area contributed by atoms with Crippen LogP contribution in [0.4, 0.5) is 4.79 Å². The summed E-state index contributed by atoms with van der Waals surface area (Å²) in [6, 6.07) is 22.4. The van der Waals surface area contributed by atoms with Gasteiger partial charge in [0.25, 0.3) is 0 Å². The average molecular weight is 629 g/mol. The van der Waals surface area contributed by atoms with Crippen LogP contribution in [0.1, 0.15) is 94.7 Å². The molecule has 5 aromatic rings. The molecule has 1 aliphatic heterocycles. The molecular formula is C39H44N6O2. The van der Waals surface area contributed by atoms with E-state index in [-0.39, 0.29) is 0 Å². The summed E-state index contributed by atoms with van der Waals surface area (Å²) in [5.41, 5.74) is 10.5. The van der Waals surface area contributed by atoms with Crippen molar-refractivity contribution in [2.24, 2.45) is 0 Å². The van der Waals surface area contributed by atoms with E-state index in [1.165, 1.54) is 34.4 Å². The molecule has 242 valence electrons. The third-order valence-electron chi connectivity index (χ3n) is 10.1. The summed E-state index contributed by atoms with van der Waals surface area (Å²) in [6.45, 7) is 6.74. The number of rotatable bonds is 5. The number of ether oxygens (including phenoxy) is 1. The van der Waals surface area contributed by atoms with E-state index in [1.807, 2.05) is 20.8 Å². The highest BCUT2D eigenvalue weighted by atomic mass is 16.6. The maximum absolute atomic E-state index is 12.9. The first-order chi connectivity index (χ1) is 22.7. The smallest absolute Gasteiger partial charge is 0.408 e. The van der Waals surface area contributed by atoms with E-state index in [9.17, 15) is 4.79 Å². The number of nitrogens with one attached hydrogen (secondary N) is 4. The van der Waals surface area contributed by atoms with Crippen LogP contribution in [0.25, 0.3) is 44.5 Å². The van der Waals surface area contributed by atoms with Crippen LogP contribution in [0, 0.1) is 0 Å². The van der Waals surface area contributed by atoms with E-state index in [4.69, 9.17) is 14.7 Å². The van der Waals surface area contributed by atoms with Crippen LogP contribution in [0.2, 0.25) is 0 Å². The van der Waals surface area contributed by atoms with Gasteiger partial charge in [-0.1, -0.05) is 67.8 Å². The van der Waals surface area contributed by atoms with Crippen LogP contribution in [-0.2, 0) is 23.1 Å². The molecule has 0 spiro atoms. The zero-order valence-corrected chi connectivity index (χ0v) is 27.6. The second-order valence-corrected chi connectivity index (χ2v) is 14.6. The Balaban J connectivity index is 1.03. The maximum atomic E-state index is 12.9. The average Bonchev–Trinajstić information content (AvgIpc) is 3.84. The van der Waals surface area contributed by atoms with Crippen molar-refractivity contribution in [3.8, 4) is 33.5 Å². The Morgan fingerprint density at radius 3 is 2.30 bits per heavy atom. The third-order valence-corrected chi connectivity index (χ3v) is 10.1. The highest BCUT2D eigenvalue weighted by Gasteiger charge is 2.39. The zero-order chi connectivity index (χ0) is 32.2. The van der Waals surface area contributed by atoms with Crippen LogP contribution in [0.15, 0.2) is 60.7 Å². The molecule has 2 aromatic heterocycles. The standard InChI is InChI=1S/C39H44N6O2/c1-38(2,3)47-37(46)45-39(19-5-4-6-20-39)36-42-30-17-14-27(23-33(30)43-36)25-11-9-24(10-12-25)26-13-16-29-28(22-26)15-18-31-34(29)44-35(41-31)32-8-7-21-40-32/h9-14,16-17,22-23,32,40H,4-8,15,18-21H2,1-3H3,(H,41,44)(H,42,43)(H,45,46). The van der Waals surface area contributed by atoms with E-state index in [0.29, 0.717) is 6.04 Å². The Kier molecular flexibility index (Phi) is 7.43. The van der Waals surface area contributed by atoms with Crippen LogP contribution in [-0.4, -0.2) is 38.2 Å². The monoisotopic (exact) mass is 628 g/mol. The van der Waals surface area contributed by atoms with Crippen LogP contribution in [0.5, 0.6) is 0 Å². The number of carbonyl (C=O) groups is 1. The number of fused-ring (bicyclic) bond motifs is 4. The van der Waals surface area contributed by atoms with E-state index in [0.717, 1.165) is 97.4 Å². The zero-order valence-electron chi connectivity index (χ0n) is 27.6. The number of aromatic nitrogens is 4. The Morgan fingerprint density at radius 2 is 1.57 bits per heavy atom. The lowest BCUT2D eigenvalue weighted by atomic mass is 9.81. The summed E-state index contributed by atoms with van der Waals surface area (Å²) >= 11 is 0. The van der Waals surface area contributed by atoms with Crippen molar-refractivity contribution in [1.29, 1.82) is 0 Å². The summed E-state index contributed by atoms with van der Waals surface area (Å²) in [7, 11) is 0. The van der Waals surface area contributed by atoms with Crippen molar-refractivity contribution in [2.45, 2.75) is 95.7 Å². The van der Waals surface area contributed by atoms with Crippen LogP contribution >= 0.6 is 0 Å². The summed E-state index contributed by atoms with van der Waals surface area (Å²) in [6.07, 6.45) is 8.91. The Bertz CT molecular complexity index is 1930. The molecule has 1 amide bonds. The predicted molar refractivity (Wildman–Crippen MR) is 186 cm³/mol. The van der Waals surface area contributed by atoms with Crippen molar-refractivity contribution in [1.82, 2.24) is 30.6 Å². The lowest BCUT2D eigenvalue weighted by Gasteiger charge is -2.36. The lowest BCUT2D eigenvalue weighted by molar-refractivity contribution is 0.0412.